The quantitative estimate of drug-likeness (QED) is 0.302. The average molecular weight is 558 g/mol. The molecule has 12 heteroatoms. The van der Waals surface area contributed by atoms with E-state index < -0.39 is 18.3 Å². The summed E-state index contributed by atoms with van der Waals surface area (Å²) in [5.41, 5.74) is -0.118. The molecule has 1 aromatic carbocycles. The van der Waals surface area contributed by atoms with Gasteiger partial charge in [-0.15, -0.1) is 24.0 Å². The number of nitrogens with zero attached hydrogens (tertiary/aromatic N) is 2. The Balaban J connectivity index is 0.00000480. The van der Waals surface area contributed by atoms with Crippen LogP contribution < -0.4 is 24.8 Å². The molecule has 2 rings (SSSR count). The van der Waals surface area contributed by atoms with Crippen LogP contribution in [0.3, 0.4) is 0 Å². The SMILES string of the molecule is CN=C(NCCN(C)C(=O)OC(C)(C)C)NCc1cc2c(cc1OC(F)F)OCO2.I. The summed E-state index contributed by atoms with van der Waals surface area (Å²) in [6, 6.07) is 2.95. The number of likely N-dealkylation sites (N-methyl/N-ethyl adjacent to an activating group) is 1. The van der Waals surface area contributed by atoms with Gasteiger partial charge in [-0.1, -0.05) is 0 Å². The maximum Gasteiger partial charge on any atom is 0.410 e. The normalized spacial score (nSPS) is 12.8. The number of hydrogen-bond donors (Lipinski definition) is 2. The van der Waals surface area contributed by atoms with E-state index >= 15 is 0 Å². The van der Waals surface area contributed by atoms with Gasteiger partial charge in [0.05, 0.1) is 0 Å². The highest BCUT2D eigenvalue weighted by Gasteiger charge is 2.21. The Kier molecular flexibility index (Phi) is 10.3. The van der Waals surface area contributed by atoms with Crippen LogP contribution in [0.4, 0.5) is 13.6 Å². The number of carbonyl (C=O) groups is 1. The molecule has 0 saturated heterocycles. The molecule has 1 heterocycles. The number of rotatable bonds is 7. The Labute approximate surface area is 197 Å². The Hall–Kier alpha value is -2.25. The van der Waals surface area contributed by atoms with Crippen molar-refractivity contribution in [3.8, 4) is 17.2 Å². The molecule has 0 aliphatic carbocycles. The first-order valence-electron chi connectivity index (χ1n) is 9.35. The van der Waals surface area contributed by atoms with Gasteiger partial charge in [0.1, 0.15) is 11.4 Å². The van der Waals surface area contributed by atoms with Crippen molar-refractivity contribution >= 4 is 36.0 Å². The molecule has 0 bridgehead atoms. The number of alkyl halides is 2. The lowest BCUT2D eigenvalue weighted by Gasteiger charge is -2.25. The van der Waals surface area contributed by atoms with Gasteiger partial charge >= 0.3 is 12.7 Å². The number of nitrogens with one attached hydrogen (secondary N) is 2. The topological polar surface area (TPSA) is 93.7 Å². The van der Waals surface area contributed by atoms with E-state index in [9.17, 15) is 13.6 Å². The maximum absolute atomic E-state index is 12.7. The maximum atomic E-state index is 12.7. The fourth-order valence-corrected chi connectivity index (χ4v) is 2.48. The van der Waals surface area contributed by atoms with Crippen molar-refractivity contribution in [1.29, 1.82) is 0 Å². The van der Waals surface area contributed by atoms with Crippen LogP contribution in [0.5, 0.6) is 17.2 Å². The van der Waals surface area contributed by atoms with Crippen molar-refractivity contribution in [2.75, 3.05) is 34.0 Å². The molecule has 1 amide bonds. The lowest BCUT2D eigenvalue weighted by atomic mass is 10.1. The van der Waals surface area contributed by atoms with Crippen molar-refractivity contribution < 1.29 is 32.5 Å². The third kappa shape index (κ3) is 8.79. The number of aliphatic imine (C=N–C) groups is 1. The van der Waals surface area contributed by atoms with Crippen LogP contribution in [-0.4, -0.2) is 63.1 Å². The summed E-state index contributed by atoms with van der Waals surface area (Å²) in [5.74, 6) is 1.22. The molecule has 0 aromatic heterocycles. The van der Waals surface area contributed by atoms with Crippen molar-refractivity contribution in [2.24, 2.45) is 4.99 Å². The molecule has 0 atom stereocenters. The first kappa shape index (κ1) is 26.8. The van der Waals surface area contributed by atoms with E-state index in [1.165, 1.54) is 11.0 Å². The summed E-state index contributed by atoms with van der Waals surface area (Å²) in [5, 5.41) is 6.06. The molecule has 0 radical (unpaired) electrons. The van der Waals surface area contributed by atoms with E-state index in [1.807, 2.05) is 0 Å². The highest BCUT2D eigenvalue weighted by Crippen LogP contribution is 2.38. The summed E-state index contributed by atoms with van der Waals surface area (Å²) in [7, 11) is 3.20. The molecule has 1 aliphatic rings. The highest BCUT2D eigenvalue weighted by atomic mass is 127. The Bertz CT molecular complexity index is 774. The number of guanidine groups is 1. The minimum Gasteiger partial charge on any atom is -0.454 e. The largest absolute Gasteiger partial charge is 0.454 e. The third-order valence-corrected chi connectivity index (χ3v) is 3.89. The number of ether oxygens (including phenoxy) is 4. The zero-order chi connectivity index (χ0) is 22.3. The Morgan fingerprint density at radius 3 is 2.48 bits per heavy atom. The van der Waals surface area contributed by atoms with E-state index in [0.717, 1.165) is 0 Å². The van der Waals surface area contributed by atoms with Crippen molar-refractivity contribution in [3.05, 3.63) is 17.7 Å². The summed E-state index contributed by atoms with van der Waals surface area (Å²) in [6.45, 7) is 3.37. The van der Waals surface area contributed by atoms with E-state index in [2.05, 4.69) is 20.4 Å². The van der Waals surface area contributed by atoms with Gasteiger partial charge in [-0.05, 0) is 26.8 Å². The van der Waals surface area contributed by atoms with Crippen LogP contribution in [0.15, 0.2) is 17.1 Å². The van der Waals surface area contributed by atoms with Crippen LogP contribution >= 0.6 is 24.0 Å². The van der Waals surface area contributed by atoms with Gasteiger partial charge in [-0.2, -0.15) is 8.78 Å². The minimum atomic E-state index is -2.97. The fourth-order valence-electron chi connectivity index (χ4n) is 2.48. The summed E-state index contributed by atoms with van der Waals surface area (Å²) >= 11 is 0. The first-order chi connectivity index (χ1) is 14.1. The zero-order valence-electron chi connectivity index (χ0n) is 18.2. The molecule has 9 nitrogen and oxygen atoms in total. The molecule has 1 aromatic rings. The fraction of sp³-hybridized carbons (Fsp3) is 0.579. The monoisotopic (exact) mass is 558 g/mol. The van der Waals surface area contributed by atoms with Gasteiger partial charge in [0.2, 0.25) is 6.79 Å². The summed E-state index contributed by atoms with van der Waals surface area (Å²) in [6.07, 6.45) is -0.429. The third-order valence-electron chi connectivity index (χ3n) is 3.89. The second-order valence-electron chi connectivity index (χ2n) is 7.45. The van der Waals surface area contributed by atoms with Gasteiger partial charge in [-0.25, -0.2) is 4.79 Å². The van der Waals surface area contributed by atoms with E-state index in [-0.39, 0.29) is 43.1 Å². The van der Waals surface area contributed by atoms with Crippen molar-refractivity contribution in [3.63, 3.8) is 0 Å². The van der Waals surface area contributed by atoms with Crippen LogP contribution in [0.2, 0.25) is 0 Å². The molecule has 1 aliphatic heterocycles. The first-order valence-corrected chi connectivity index (χ1v) is 9.35. The summed E-state index contributed by atoms with van der Waals surface area (Å²) in [4.78, 5) is 17.5. The number of hydrogen-bond acceptors (Lipinski definition) is 6. The van der Waals surface area contributed by atoms with Crippen LogP contribution in [0.1, 0.15) is 26.3 Å². The molecule has 0 spiro atoms. The van der Waals surface area contributed by atoms with Gasteiger partial charge in [-0.3, -0.25) is 4.99 Å². The summed E-state index contributed by atoms with van der Waals surface area (Å²) < 4.78 is 45.8. The molecular weight excluding hydrogens is 529 g/mol. The molecule has 31 heavy (non-hydrogen) atoms. The lowest BCUT2D eigenvalue weighted by molar-refractivity contribution is -0.0505. The number of benzene rings is 1. The van der Waals surface area contributed by atoms with Gasteiger partial charge in [0, 0.05) is 45.4 Å². The predicted molar refractivity (Wildman–Crippen MR) is 122 cm³/mol. The molecular formula is C19H29F2IN4O5. The van der Waals surface area contributed by atoms with E-state index in [1.54, 1.807) is 40.9 Å². The van der Waals surface area contributed by atoms with Crippen LogP contribution in [0.25, 0.3) is 0 Å². The van der Waals surface area contributed by atoms with E-state index in [4.69, 9.17) is 14.2 Å². The number of carbonyl (C=O) groups excluding carboxylic acids is 1. The molecule has 176 valence electrons. The van der Waals surface area contributed by atoms with E-state index in [0.29, 0.717) is 36.1 Å². The zero-order valence-corrected chi connectivity index (χ0v) is 20.5. The predicted octanol–water partition coefficient (Wildman–Crippen LogP) is 3.17. The van der Waals surface area contributed by atoms with Crippen LogP contribution in [-0.2, 0) is 11.3 Å². The molecule has 0 unspecified atom stereocenters. The number of halogens is 3. The highest BCUT2D eigenvalue weighted by molar-refractivity contribution is 14.0. The van der Waals surface area contributed by atoms with Crippen LogP contribution in [0, 0.1) is 0 Å². The van der Waals surface area contributed by atoms with Gasteiger partial charge in [0.15, 0.2) is 17.5 Å². The van der Waals surface area contributed by atoms with Crippen molar-refractivity contribution in [2.45, 2.75) is 39.5 Å². The molecule has 0 saturated carbocycles. The average Bonchev–Trinajstić information content (AvgIpc) is 3.09. The number of fused-ring (bicyclic) bond motifs is 1. The standard InChI is InChI=1S/C19H28F2N4O5.HI/c1-19(2,3)30-18(26)25(5)7-6-23-17(22-4)24-10-12-8-14-15(28-11-27-14)9-13(12)29-16(20)21;/h8-9,16H,6-7,10-11H2,1-5H3,(H2,22,23,24);1H. The smallest absolute Gasteiger partial charge is 0.410 e. The van der Waals surface area contributed by atoms with Gasteiger partial charge < -0.3 is 34.5 Å². The molecule has 0 fully saturated rings. The van der Waals surface area contributed by atoms with Gasteiger partial charge in [0.25, 0.3) is 0 Å². The Morgan fingerprint density at radius 1 is 1.26 bits per heavy atom. The minimum absolute atomic E-state index is 0. The van der Waals surface area contributed by atoms with Crippen molar-refractivity contribution in [1.82, 2.24) is 15.5 Å². The molecule has 2 N–H and O–H groups in total. The second kappa shape index (κ2) is 12.0. The Morgan fingerprint density at radius 2 is 1.90 bits per heavy atom. The lowest BCUT2D eigenvalue weighted by Crippen LogP contribution is -2.42. The second-order valence-corrected chi connectivity index (χ2v) is 7.45. The number of amides is 1.